The second-order valence-corrected chi connectivity index (χ2v) is 7.38. The van der Waals surface area contributed by atoms with Crippen molar-refractivity contribution in [1.82, 2.24) is 9.36 Å². The van der Waals surface area contributed by atoms with Gasteiger partial charge in [0.25, 0.3) is 5.91 Å². The van der Waals surface area contributed by atoms with Crippen molar-refractivity contribution >= 4 is 67.8 Å². The summed E-state index contributed by atoms with van der Waals surface area (Å²) in [6, 6.07) is 5.59. The van der Waals surface area contributed by atoms with E-state index in [0.29, 0.717) is 9.49 Å². The number of nitrogens with one attached hydrogen (secondary N) is 1. The van der Waals surface area contributed by atoms with Gasteiger partial charge in [-0.1, -0.05) is 23.2 Å². The maximum Gasteiger partial charge on any atom is 0.269 e. The molecule has 5 nitrogen and oxygen atoms in total. The molecule has 3 rings (SSSR count). The van der Waals surface area contributed by atoms with Crippen molar-refractivity contribution in [2.24, 2.45) is 5.73 Å². The molecule has 1 aromatic carbocycles. The van der Waals surface area contributed by atoms with E-state index in [1.807, 2.05) is 25.1 Å². The number of rotatable bonds is 4. The van der Waals surface area contributed by atoms with Gasteiger partial charge in [-0.3, -0.25) is 4.79 Å². The van der Waals surface area contributed by atoms with Crippen LogP contribution in [0.1, 0.15) is 28.5 Å². The first-order chi connectivity index (χ1) is 10.5. The number of thiazole rings is 1. The molecule has 0 aliphatic heterocycles. The van der Waals surface area contributed by atoms with Crippen molar-refractivity contribution in [2.75, 3.05) is 5.32 Å². The number of nitrogens with zero attached hydrogens (tertiary/aromatic N) is 2. The van der Waals surface area contributed by atoms with Crippen LogP contribution in [-0.2, 0) is 0 Å². The van der Waals surface area contributed by atoms with Gasteiger partial charge in [-0.15, -0.1) is 11.3 Å². The minimum atomic E-state index is -0.532. The quantitative estimate of drug-likeness (QED) is 0.713. The maximum atomic E-state index is 11.4. The fourth-order valence-corrected chi connectivity index (χ4v) is 3.98. The van der Waals surface area contributed by atoms with Crippen LogP contribution >= 0.6 is 46.1 Å². The van der Waals surface area contributed by atoms with Crippen molar-refractivity contribution in [3.63, 3.8) is 0 Å². The highest BCUT2D eigenvalue weighted by Gasteiger charge is 2.15. The largest absolute Gasteiger partial charge is 0.376 e. The van der Waals surface area contributed by atoms with Crippen LogP contribution in [0.5, 0.6) is 0 Å². The molecule has 0 bridgehead atoms. The van der Waals surface area contributed by atoms with E-state index < -0.39 is 5.91 Å². The van der Waals surface area contributed by atoms with Crippen molar-refractivity contribution in [2.45, 2.75) is 13.0 Å². The van der Waals surface area contributed by atoms with Crippen molar-refractivity contribution in [3.05, 3.63) is 38.4 Å². The first kappa shape index (κ1) is 15.5. The molecule has 0 saturated carbocycles. The summed E-state index contributed by atoms with van der Waals surface area (Å²) in [6.45, 7) is 1.95. The number of carbonyl (C=O) groups is 1. The summed E-state index contributed by atoms with van der Waals surface area (Å²) in [5, 5.41) is 5.14. The molecule has 2 aromatic heterocycles. The molecule has 3 N–H and O–H groups in total. The number of benzene rings is 1. The second kappa shape index (κ2) is 6.00. The number of primary amides is 1. The zero-order valence-electron chi connectivity index (χ0n) is 11.3. The second-order valence-electron chi connectivity index (χ2n) is 4.59. The molecule has 1 amide bonds. The molecule has 0 fully saturated rings. The molecule has 0 aliphatic carbocycles. The van der Waals surface area contributed by atoms with Crippen LogP contribution in [0.15, 0.2) is 18.2 Å². The zero-order valence-corrected chi connectivity index (χ0v) is 14.4. The normalized spacial score (nSPS) is 12.5. The third kappa shape index (κ3) is 2.89. The fraction of sp³-hybridized carbons (Fsp3) is 0.154. The van der Waals surface area contributed by atoms with E-state index in [0.717, 1.165) is 20.8 Å². The lowest BCUT2D eigenvalue weighted by Gasteiger charge is -2.12. The SMILES string of the molecule is CC(Nc1ccc2snc(C(N)=O)c2c1)c1nc(Cl)c(Cl)s1. The Bertz CT molecular complexity index is 841. The van der Waals surface area contributed by atoms with E-state index in [9.17, 15) is 4.79 Å². The minimum Gasteiger partial charge on any atom is -0.376 e. The van der Waals surface area contributed by atoms with Gasteiger partial charge in [0.2, 0.25) is 0 Å². The van der Waals surface area contributed by atoms with Crippen LogP contribution < -0.4 is 11.1 Å². The topological polar surface area (TPSA) is 80.9 Å². The third-order valence-corrected chi connectivity index (χ3v) is 5.77. The Labute approximate surface area is 144 Å². The average Bonchev–Trinajstić information content (AvgIpc) is 3.03. The molecule has 22 heavy (non-hydrogen) atoms. The zero-order chi connectivity index (χ0) is 15.9. The highest BCUT2D eigenvalue weighted by molar-refractivity contribution is 7.16. The number of halogens is 2. The fourth-order valence-electron chi connectivity index (χ4n) is 2.00. The van der Waals surface area contributed by atoms with E-state index in [2.05, 4.69) is 14.7 Å². The molecule has 114 valence electrons. The van der Waals surface area contributed by atoms with Crippen LogP contribution in [0.4, 0.5) is 5.69 Å². The Morgan fingerprint density at radius 2 is 2.18 bits per heavy atom. The molecule has 0 spiro atoms. The summed E-state index contributed by atoms with van der Waals surface area (Å²) in [6.07, 6.45) is 0. The lowest BCUT2D eigenvalue weighted by Crippen LogP contribution is -2.11. The van der Waals surface area contributed by atoms with Gasteiger partial charge < -0.3 is 11.1 Å². The van der Waals surface area contributed by atoms with E-state index in [4.69, 9.17) is 28.9 Å². The molecule has 1 unspecified atom stereocenters. The molecule has 1 atom stereocenters. The Morgan fingerprint density at radius 1 is 1.41 bits per heavy atom. The molecule has 0 saturated heterocycles. The summed E-state index contributed by atoms with van der Waals surface area (Å²) in [4.78, 5) is 15.6. The van der Waals surface area contributed by atoms with E-state index in [1.54, 1.807) is 0 Å². The van der Waals surface area contributed by atoms with Crippen LogP contribution in [0.2, 0.25) is 9.49 Å². The minimum absolute atomic E-state index is 0.0731. The lowest BCUT2D eigenvalue weighted by atomic mass is 10.2. The highest BCUT2D eigenvalue weighted by Crippen LogP contribution is 2.33. The van der Waals surface area contributed by atoms with Gasteiger partial charge in [-0.2, -0.15) is 4.37 Å². The summed E-state index contributed by atoms with van der Waals surface area (Å²) in [5.74, 6) is -0.532. The number of anilines is 1. The average molecular weight is 373 g/mol. The number of carbonyl (C=O) groups excluding carboxylic acids is 1. The molecule has 3 aromatic rings. The van der Waals surface area contributed by atoms with Gasteiger partial charge in [0, 0.05) is 11.1 Å². The van der Waals surface area contributed by atoms with Gasteiger partial charge in [0.1, 0.15) is 15.0 Å². The van der Waals surface area contributed by atoms with Crippen molar-refractivity contribution < 1.29 is 4.79 Å². The van der Waals surface area contributed by atoms with Crippen LogP contribution in [-0.4, -0.2) is 15.3 Å². The van der Waals surface area contributed by atoms with Gasteiger partial charge in [-0.25, -0.2) is 4.98 Å². The Kier molecular flexibility index (Phi) is 4.22. The summed E-state index contributed by atoms with van der Waals surface area (Å²) in [7, 11) is 0. The van der Waals surface area contributed by atoms with Crippen LogP contribution in [0, 0.1) is 0 Å². The van der Waals surface area contributed by atoms with E-state index in [-0.39, 0.29) is 11.7 Å². The number of fused-ring (bicyclic) bond motifs is 1. The van der Waals surface area contributed by atoms with Crippen molar-refractivity contribution in [1.29, 1.82) is 0 Å². The highest BCUT2D eigenvalue weighted by atomic mass is 35.5. The Balaban J connectivity index is 1.90. The van der Waals surface area contributed by atoms with Crippen LogP contribution in [0.25, 0.3) is 10.1 Å². The smallest absolute Gasteiger partial charge is 0.269 e. The molecule has 9 heteroatoms. The molecular formula is C13H10Cl2N4OS2. The van der Waals surface area contributed by atoms with Gasteiger partial charge in [0.15, 0.2) is 5.15 Å². The van der Waals surface area contributed by atoms with Crippen molar-refractivity contribution in [3.8, 4) is 0 Å². The predicted octanol–water partition coefficient (Wildman–Crippen LogP) is 4.33. The third-order valence-electron chi connectivity index (χ3n) is 3.02. The molecule has 2 heterocycles. The Hall–Kier alpha value is -1.41. The number of aromatic nitrogens is 2. The monoisotopic (exact) mass is 372 g/mol. The van der Waals surface area contributed by atoms with E-state index >= 15 is 0 Å². The predicted molar refractivity (Wildman–Crippen MR) is 92.3 cm³/mol. The molecular weight excluding hydrogens is 363 g/mol. The standard InChI is InChI=1S/C13H10Cl2N4OS2/c1-5(13-18-10(14)11(15)21-13)17-6-2-3-8-7(4-6)9(12(16)20)19-22-8/h2-5,17H,1H3,(H2,16,20). The number of amides is 1. The van der Waals surface area contributed by atoms with E-state index in [1.165, 1.54) is 22.9 Å². The first-order valence-corrected chi connectivity index (χ1v) is 8.58. The van der Waals surface area contributed by atoms with Gasteiger partial charge in [0.05, 0.1) is 10.7 Å². The summed E-state index contributed by atoms with van der Waals surface area (Å²) in [5.41, 5.74) is 6.46. The number of hydrogen-bond donors (Lipinski definition) is 2. The van der Waals surface area contributed by atoms with Crippen LogP contribution in [0.3, 0.4) is 0 Å². The Morgan fingerprint density at radius 3 is 2.82 bits per heavy atom. The first-order valence-electron chi connectivity index (χ1n) is 6.23. The maximum absolute atomic E-state index is 11.4. The number of nitrogens with two attached hydrogens (primary N) is 1. The summed E-state index contributed by atoms with van der Waals surface area (Å²) < 4.78 is 5.46. The van der Waals surface area contributed by atoms with Gasteiger partial charge in [-0.05, 0) is 36.7 Å². The molecule has 0 aliphatic rings. The van der Waals surface area contributed by atoms with Gasteiger partial charge >= 0.3 is 0 Å². The lowest BCUT2D eigenvalue weighted by molar-refractivity contribution is 0.0998. The molecule has 0 radical (unpaired) electrons. The number of hydrogen-bond acceptors (Lipinski definition) is 6. The summed E-state index contributed by atoms with van der Waals surface area (Å²) >= 11 is 14.4.